The number of hydrogen-bond acceptors (Lipinski definition) is 6. The standard InChI is InChI=1S/C25H20F2N4O5/c1-31-24(33)20(19(36-2)12-29-31)15-9-8-13(14-5-4-10-28-22(14)15)11-18(25(34)35)30-23(32)21-16(26)6-3-7-17(21)27/h3-10,12,18H,11H2,1-2H3,(H,30,32)(H,34,35)/t18-/m0/s1. The molecule has 2 N–H and O–H groups in total. The van der Waals surface area contributed by atoms with Crippen LogP contribution in [0.25, 0.3) is 22.0 Å². The van der Waals surface area contributed by atoms with Crippen molar-refractivity contribution in [2.45, 2.75) is 12.5 Å². The number of benzene rings is 2. The Hall–Kier alpha value is -4.67. The maximum Gasteiger partial charge on any atom is 0.326 e. The number of aryl methyl sites for hydroxylation is 1. The van der Waals surface area contributed by atoms with Crippen molar-refractivity contribution in [1.82, 2.24) is 20.1 Å². The van der Waals surface area contributed by atoms with Crippen LogP contribution < -0.4 is 15.6 Å². The molecule has 9 nitrogen and oxygen atoms in total. The Balaban J connectivity index is 1.76. The SMILES string of the molecule is COc1cnn(C)c(=O)c1-c1ccc(C[C@H](NC(=O)c2c(F)cccc2F)C(=O)O)c2cccnc12. The number of methoxy groups -OCH3 is 1. The minimum absolute atomic E-state index is 0.217. The number of pyridine rings is 1. The topological polar surface area (TPSA) is 123 Å². The normalized spacial score (nSPS) is 11.8. The van der Waals surface area contributed by atoms with Crippen molar-refractivity contribution in [2.75, 3.05) is 7.11 Å². The van der Waals surface area contributed by atoms with Gasteiger partial charge >= 0.3 is 5.97 Å². The van der Waals surface area contributed by atoms with Crippen molar-refractivity contribution in [3.8, 4) is 16.9 Å². The quantitative estimate of drug-likeness (QED) is 0.405. The number of aromatic nitrogens is 3. The van der Waals surface area contributed by atoms with Crippen molar-refractivity contribution in [3.63, 3.8) is 0 Å². The minimum atomic E-state index is -1.51. The van der Waals surface area contributed by atoms with E-state index in [1.807, 2.05) is 0 Å². The second-order valence-corrected chi connectivity index (χ2v) is 7.85. The van der Waals surface area contributed by atoms with E-state index in [1.54, 1.807) is 24.3 Å². The maximum absolute atomic E-state index is 14.0. The van der Waals surface area contributed by atoms with Crippen molar-refractivity contribution >= 4 is 22.8 Å². The number of amides is 1. The second kappa shape index (κ2) is 9.90. The Morgan fingerprint density at radius 3 is 2.53 bits per heavy atom. The van der Waals surface area contributed by atoms with Crippen LogP contribution in [0.1, 0.15) is 15.9 Å². The van der Waals surface area contributed by atoms with Crippen LogP contribution in [0.4, 0.5) is 8.78 Å². The summed E-state index contributed by atoms with van der Waals surface area (Å²) in [6.07, 6.45) is 2.70. The summed E-state index contributed by atoms with van der Waals surface area (Å²) >= 11 is 0. The average molecular weight is 494 g/mol. The number of ether oxygens (including phenoxy) is 1. The molecule has 2 aromatic carbocycles. The minimum Gasteiger partial charge on any atom is -0.494 e. The largest absolute Gasteiger partial charge is 0.494 e. The van der Waals surface area contributed by atoms with Gasteiger partial charge < -0.3 is 15.2 Å². The summed E-state index contributed by atoms with van der Waals surface area (Å²) in [5, 5.41) is 16.4. The summed E-state index contributed by atoms with van der Waals surface area (Å²) in [7, 11) is 2.90. The molecule has 184 valence electrons. The fourth-order valence-corrected chi connectivity index (χ4v) is 3.90. The van der Waals surface area contributed by atoms with E-state index in [1.165, 1.54) is 26.6 Å². The molecule has 0 aliphatic rings. The first-order valence-corrected chi connectivity index (χ1v) is 10.7. The molecular weight excluding hydrogens is 474 g/mol. The van der Waals surface area contributed by atoms with Crippen LogP contribution in [0.2, 0.25) is 0 Å². The highest BCUT2D eigenvalue weighted by Crippen LogP contribution is 2.33. The van der Waals surface area contributed by atoms with E-state index < -0.39 is 40.7 Å². The number of aliphatic carboxylic acids is 1. The van der Waals surface area contributed by atoms with Crippen molar-refractivity contribution in [1.29, 1.82) is 0 Å². The van der Waals surface area contributed by atoms with E-state index in [9.17, 15) is 28.3 Å². The number of carboxylic acid groups (broad SMARTS) is 1. The third-order valence-electron chi connectivity index (χ3n) is 5.67. The van der Waals surface area contributed by atoms with E-state index in [0.29, 0.717) is 22.0 Å². The van der Waals surface area contributed by atoms with Gasteiger partial charge in [0.05, 0.1) is 24.4 Å². The third kappa shape index (κ3) is 4.50. The molecule has 0 radical (unpaired) electrons. The van der Waals surface area contributed by atoms with Crippen LogP contribution >= 0.6 is 0 Å². The summed E-state index contributed by atoms with van der Waals surface area (Å²) in [6, 6.07) is 7.94. The summed E-state index contributed by atoms with van der Waals surface area (Å²) < 4.78 is 34.5. The summed E-state index contributed by atoms with van der Waals surface area (Å²) in [5.74, 6) is -4.57. The van der Waals surface area contributed by atoms with Crippen molar-refractivity contribution < 1.29 is 28.2 Å². The number of nitrogens with zero attached hydrogens (tertiary/aromatic N) is 3. The highest BCUT2D eigenvalue weighted by molar-refractivity contribution is 5.98. The number of carbonyl (C=O) groups excluding carboxylic acids is 1. The first-order valence-electron chi connectivity index (χ1n) is 10.7. The van der Waals surface area contributed by atoms with E-state index >= 15 is 0 Å². The summed E-state index contributed by atoms with van der Waals surface area (Å²) in [5.41, 5.74) is 0.255. The van der Waals surface area contributed by atoms with Gasteiger partial charge in [0.15, 0.2) is 5.75 Å². The lowest BCUT2D eigenvalue weighted by Gasteiger charge is -2.18. The molecule has 2 aromatic heterocycles. The molecular formula is C25H20F2N4O5. The van der Waals surface area contributed by atoms with Crippen molar-refractivity contribution in [2.24, 2.45) is 7.05 Å². The van der Waals surface area contributed by atoms with Gasteiger partial charge in [-0.25, -0.2) is 18.3 Å². The molecule has 36 heavy (non-hydrogen) atoms. The number of carbonyl (C=O) groups is 2. The van der Waals surface area contributed by atoms with Gasteiger partial charge in [0.25, 0.3) is 11.5 Å². The highest BCUT2D eigenvalue weighted by Gasteiger charge is 2.26. The molecule has 11 heteroatoms. The number of fused-ring (bicyclic) bond motifs is 1. The molecule has 0 aliphatic carbocycles. The van der Waals surface area contributed by atoms with Crippen LogP contribution in [0, 0.1) is 11.6 Å². The van der Waals surface area contributed by atoms with Gasteiger partial charge in [0.1, 0.15) is 23.2 Å². The van der Waals surface area contributed by atoms with Gasteiger partial charge in [0, 0.05) is 30.6 Å². The van der Waals surface area contributed by atoms with Gasteiger partial charge in [-0.3, -0.25) is 14.6 Å². The van der Waals surface area contributed by atoms with Gasteiger partial charge in [-0.15, -0.1) is 0 Å². The number of halogens is 2. The van der Waals surface area contributed by atoms with Gasteiger partial charge in [-0.05, 0) is 23.8 Å². The molecule has 2 heterocycles. The van der Waals surface area contributed by atoms with E-state index in [4.69, 9.17) is 4.74 Å². The van der Waals surface area contributed by atoms with Crippen LogP contribution in [0.3, 0.4) is 0 Å². The zero-order valence-electron chi connectivity index (χ0n) is 19.2. The lowest BCUT2D eigenvalue weighted by atomic mass is 9.95. The molecule has 4 rings (SSSR count). The molecule has 0 aliphatic heterocycles. The molecule has 0 saturated heterocycles. The van der Waals surface area contributed by atoms with Gasteiger partial charge in [0.2, 0.25) is 0 Å². The monoisotopic (exact) mass is 494 g/mol. The Labute approximate surface area is 203 Å². The Bertz CT molecular complexity index is 1530. The van der Waals surface area contributed by atoms with Crippen molar-refractivity contribution in [3.05, 3.63) is 88.0 Å². The predicted molar refractivity (Wildman–Crippen MR) is 126 cm³/mol. The smallest absolute Gasteiger partial charge is 0.326 e. The Morgan fingerprint density at radius 1 is 1.14 bits per heavy atom. The zero-order valence-corrected chi connectivity index (χ0v) is 19.2. The van der Waals surface area contributed by atoms with Crippen LogP contribution in [0.5, 0.6) is 5.75 Å². The number of hydrogen-bond donors (Lipinski definition) is 2. The number of nitrogens with one attached hydrogen (secondary N) is 1. The zero-order chi connectivity index (χ0) is 26.0. The molecule has 0 unspecified atom stereocenters. The molecule has 0 fully saturated rings. The van der Waals surface area contributed by atoms with Gasteiger partial charge in [-0.2, -0.15) is 5.10 Å². The number of rotatable bonds is 7. The van der Waals surface area contributed by atoms with E-state index in [0.717, 1.165) is 22.9 Å². The maximum atomic E-state index is 14.0. The molecule has 4 aromatic rings. The average Bonchev–Trinajstić information content (AvgIpc) is 2.85. The van der Waals surface area contributed by atoms with Crippen LogP contribution in [0.15, 0.2) is 59.7 Å². The second-order valence-electron chi connectivity index (χ2n) is 7.85. The lowest BCUT2D eigenvalue weighted by Crippen LogP contribution is -2.43. The van der Waals surface area contributed by atoms with Crippen LogP contribution in [-0.2, 0) is 18.3 Å². The van der Waals surface area contributed by atoms with E-state index in [2.05, 4.69) is 15.4 Å². The first kappa shape index (κ1) is 24.5. The fourth-order valence-electron chi connectivity index (χ4n) is 3.90. The van der Waals surface area contributed by atoms with Crippen LogP contribution in [-0.4, -0.2) is 44.9 Å². The summed E-state index contributed by atoms with van der Waals surface area (Å²) in [4.78, 5) is 41.7. The first-order chi connectivity index (χ1) is 17.2. The lowest BCUT2D eigenvalue weighted by molar-refractivity contribution is -0.139. The molecule has 0 bridgehead atoms. The highest BCUT2D eigenvalue weighted by atomic mass is 19.1. The predicted octanol–water partition coefficient (Wildman–Crippen LogP) is 2.71. The number of carboxylic acids is 1. The van der Waals surface area contributed by atoms with E-state index in [-0.39, 0.29) is 17.7 Å². The third-order valence-corrected chi connectivity index (χ3v) is 5.67. The molecule has 1 amide bonds. The Morgan fingerprint density at radius 2 is 1.86 bits per heavy atom. The Kier molecular flexibility index (Phi) is 6.73. The summed E-state index contributed by atoms with van der Waals surface area (Å²) in [6.45, 7) is 0. The fraction of sp³-hybridized carbons (Fsp3) is 0.160. The molecule has 0 saturated carbocycles. The molecule has 1 atom stereocenters. The molecule has 0 spiro atoms. The van der Waals surface area contributed by atoms with Gasteiger partial charge in [-0.1, -0.05) is 24.3 Å².